The minimum atomic E-state index is -0.154. The van der Waals surface area contributed by atoms with Gasteiger partial charge in [0.25, 0.3) is 5.91 Å². The fraction of sp³-hybridized carbons (Fsp3) is 0.583. The van der Waals surface area contributed by atoms with Gasteiger partial charge in [-0.15, -0.1) is 0 Å². The summed E-state index contributed by atoms with van der Waals surface area (Å²) in [6.07, 6.45) is 3.51. The van der Waals surface area contributed by atoms with E-state index >= 15 is 0 Å². The first-order valence-corrected chi connectivity index (χ1v) is 7.51. The number of aromatic nitrogens is 2. The number of thioether (sulfide) groups is 1. The standard InChI is InChI=1S/C12H18ClN3OS/c1-8(2)11-14-7-9(13)10(15-11)12(17)16(3)5-6-18-4/h7-8H,5-6H2,1-4H3. The third kappa shape index (κ3) is 3.85. The SMILES string of the molecule is CSCCN(C)C(=O)c1nc(C(C)C)ncc1Cl. The summed E-state index contributed by atoms with van der Waals surface area (Å²) in [4.78, 5) is 22.2. The van der Waals surface area contributed by atoms with E-state index in [4.69, 9.17) is 11.6 Å². The van der Waals surface area contributed by atoms with Crippen LogP contribution in [0.4, 0.5) is 0 Å². The van der Waals surface area contributed by atoms with Crippen LogP contribution in [0.2, 0.25) is 5.02 Å². The van der Waals surface area contributed by atoms with E-state index < -0.39 is 0 Å². The predicted octanol–water partition coefficient (Wildman–Crippen LogP) is 2.69. The topological polar surface area (TPSA) is 46.1 Å². The average Bonchev–Trinajstić information content (AvgIpc) is 2.35. The van der Waals surface area contributed by atoms with Crippen LogP contribution in [0.25, 0.3) is 0 Å². The predicted molar refractivity (Wildman–Crippen MR) is 76.5 cm³/mol. The van der Waals surface area contributed by atoms with Crippen LogP contribution in [0.5, 0.6) is 0 Å². The minimum Gasteiger partial charge on any atom is -0.339 e. The normalized spacial score (nSPS) is 10.8. The molecule has 0 fully saturated rings. The summed E-state index contributed by atoms with van der Waals surface area (Å²) in [7, 11) is 1.76. The Morgan fingerprint density at radius 3 is 2.78 bits per heavy atom. The van der Waals surface area contributed by atoms with Gasteiger partial charge in [0, 0.05) is 25.3 Å². The van der Waals surface area contributed by atoms with Crippen molar-refractivity contribution in [2.75, 3.05) is 25.6 Å². The first-order valence-electron chi connectivity index (χ1n) is 5.74. The van der Waals surface area contributed by atoms with Crippen molar-refractivity contribution < 1.29 is 4.79 Å². The van der Waals surface area contributed by atoms with Crippen LogP contribution in [-0.2, 0) is 0 Å². The highest BCUT2D eigenvalue weighted by Gasteiger charge is 2.18. The lowest BCUT2D eigenvalue weighted by atomic mass is 10.2. The Hall–Kier alpha value is -0.810. The molecule has 1 amide bonds. The second-order valence-corrected chi connectivity index (χ2v) is 5.69. The molecule has 0 unspecified atom stereocenters. The highest BCUT2D eigenvalue weighted by atomic mass is 35.5. The molecule has 0 aliphatic carbocycles. The molecule has 0 saturated carbocycles. The Morgan fingerprint density at radius 1 is 1.56 bits per heavy atom. The maximum absolute atomic E-state index is 12.2. The molecule has 0 bridgehead atoms. The zero-order chi connectivity index (χ0) is 13.7. The van der Waals surface area contributed by atoms with Crippen LogP contribution in [0.15, 0.2) is 6.20 Å². The Kier molecular flexibility index (Phi) is 5.88. The Morgan fingerprint density at radius 2 is 2.22 bits per heavy atom. The van der Waals surface area contributed by atoms with Crippen LogP contribution in [0, 0.1) is 0 Å². The van der Waals surface area contributed by atoms with Crippen molar-refractivity contribution in [2.45, 2.75) is 19.8 Å². The quantitative estimate of drug-likeness (QED) is 0.835. The van der Waals surface area contributed by atoms with Gasteiger partial charge in [-0.2, -0.15) is 11.8 Å². The molecule has 6 heteroatoms. The van der Waals surface area contributed by atoms with Crippen molar-refractivity contribution in [3.63, 3.8) is 0 Å². The molecule has 0 aromatic carbocycles. The summed E-state index contributed by atoms with van der Waals surface area (Å²) in [5.41, 5.74) is 0.291. The van der Waals surface area contributed by atoms with Crippen LogP contribution < -0.4 is 0 Å². The maximum atomic E-state index is 12.2. The van der Waals surface area contributed by atoms with E-state index in [2.05, 4.69) is 9.97 Å². The van der Waals surface area contributed by atoms with E-state index in [-0.39, 0.29) is 11.8 Å². The second kappa shape index (κ2) is 6.95. The van der Waals surface area contributed by atoms with Crippen molar-refractivity contribution in [3.05, 3.63) is 22.7 Å². The lowest BCUT2D eigenvalue weighted by Gasteiger charge is -2.17. The van der Waals surface area contributed by atoms with Gasteiger partial charge < -0.3 is 4.90 Å². The number of carbonyl (C=O) groups excluding carboxylic acids is 1. The number of amides is 1. The van der Waals surface area contributed by atoms with Gasteiger partial charge in [-0.05, 0) is 6.26 Å². The number of hydrogen-bond donors (Lipinski definition) is 0. The van der Waals surface area contributed by atoms with Gasteiger partial charge in [-0.25, -0.2) is 9.97 Å². The second-order valence-electron chi connectivity index (χ2n) is 4.30. The molecule has 1 aromatic rings. The summed E-state index contributed by atoms with van der Waals surface area (Å²) in [6.45, 7) is 4.64. The molecule has 0 atom stereocenters. The minimum absolute atomic E-state index is 0.154. The summed E-state index contributed by atoms with van der Waals surface area (Å²) < 4.78 is 0. The fourth-order valence-corrected chi connectivity index (χ4v) is 1.95. The smallest absolute Gasteiger partial charge is 0.273 e. The van der Waals surface area contributed by atoms with Crippen molar-refractivity contribution in [3.8, 4) is 0 Å². The summed E-state index contributed by atoms with van der Waals surface area (Å²) >= 11 is 7.69. The first kappa shape index (κ1) is 15.2. The maximum Gasteiger partial charge on any atom is 0.273 e. The zero-order valence-corrected chi connectivity index (χ0v) is 12.7. The molecule has 0 saturated heterocycles. The van der Waals surface area contributed by atoms with Gasteiger partial charge >= 0.3 is 0 Å². The number of carbonyl (C=O) groups is 1. The number of rotatable bonds is 5. The van der Waals surface area contributed by atoms with E-state index in [1.165, 1.54) is 6.20 Å². The molecule has 4 nitrogen and oxygen atoms in total. The number of hydrogen-bond acceptors (Lipinski definition) is 4. The van der Waals surface area contributed by atoms with Crippen LogP contribution in [0.3, 0.4) is 0 Å². The van der Waals surface area contributed by atoms with E-state index in [0.29, 0.717) is 23.1 Å². The van der Waals surface area contributed by atoms with Gasteiger partial charge in [0.05, 0.1) is 11.2 Å². The molecule has 0 radical (unpaired) electrons. The number of halogens is 1. The third-order valence-electron chi connectivity index (χ3n) is 2.46. The largest absolute Gasteiger partial charge is 0.339 e. The highest BCUT2D eigenvalue weighted by Crippen LogP contribution is 2.17. The monoisotopic (exact) mass is 287 g/mol. The van der Waals surface area contributed by atoms with Crippen molar-refractivity contribution >= 4 is 29.3 Å². The summed E-state index contributed by atoms with van der Waals surface area (Å²) in [6, 6.07) is 0. The van der Waals surface area contributed by atoms with Crippen molar-refractivity contribution in [1.29, 1.82) is 0 Å². The highest BCUT2D eigenvalue weighted by molar-refractivity contribution is 7.98. The van der Waals surface area contributed by atoms with Crippen LogP contribution in [-0.4, -0.2) is 46.4 Å². The summed E-state index contributed by atoms with van der Waals surface area (Å²) in [5, 5.41) is 0.306. The molecule has 1 rings (SSSR count). The molecular formula is C12H18ClN3OS. The third-order valence-corrected chi connectivity index (χ3v) is 3.33. The van der Waals surface area contributed by atoms with Crippen molar-refractivity contribution in [2.24, 2.45) is 0 Å². The van der Waals surface area contributed by atoms with Crippen LogP contribution in [0.1, 0.15) is 36.1 Å². The van der Waals surface area contributed by atoms with Gasteiger partial charge in [0.2, 0.25) is 0 Å². The van der Waals surface area contributed by atoms with Gasteiger partial charge in [0.1, 0.15) is 5.82 Å². The zero-order valence-electron chi connectivity index (χ0n) is 11.1. The Bertz CT molecular complexity index is 426. The molecule has 1 aromatic heterocycles. The van der Waals surface area contributed by atoms with E-state index in [0.717, 1.165) is 5.75 Å². The molecule has 1 heterocycles. The Labute approximate surface area is 117 Å². The number of nitrogens with zero attached hydrogens (tertiary/aromatic N) is 3. The van der Waals surface area contributed by atoms with E-state index in [1.54, 1.807) is 23.7 Å². The molecule has 0 spiro atoms. The van der Waals surface area contributed by atoms with E-state index in [9.17, 15) is 4.79 Å². The summed E-state index contributed by atoms with van der Waals surface area (Å²) in [5.74, 6) is 1.55. The van der Waals surface area contributed by atoms with Gasteiger partial charge in [0.15, 0.2) is 5.69 Å². The lowest BCUT2D eigenvalue weighted by molar-refractivity contribution is 0.0797. The lowest BCUT2D eigenvalue weighted by Crippen LogP contribution is -2.30. The van der Waals surface area contributed by atoms with Gasteiger partial charge in [-0.1, -0.05) is 25.4 Å². The van der Waals surface area contributed by atoms with Crippen LogP contribution >= 0.6 is 23.4 Å². The molecule has 18 heavy (non-hydrogen) atoms. The average molecular weight is 288 g/mol. The molecule has 0 aliphatic rings. The molecule has 0 N–H and O–H groups in total. The molecular weight excluding hydrogens is 270 g/mol. The Balaban J connectivity index is 2.93. The first-order chi connectivity index (χ1) is 8.47. The molecule has 0 aliphatic heterocycles. The van der Waals surface area contributed by atoms with E-state index in [1.807, 2.05) is 20.1 Å². The molecule has 100 valence electrons. The van der Waals surface area contributed by atoms with Crippen molar-refractivity contribution in [1.82, 2.24) is 14.9 Å². The fourth-order valence-electron chi connectivity index (χ4n) is 1.32. The van der Waals surface area contributed by atoms with Gasteiger partial charge in [-0.3, -0.25) is 4.79 Å².